The van der Waals surface area contributed by atoms with Gasteiger partial charge >= 0.3 is 0 Å². The molecule has 0 unspecified atom stereocenters. The van der Waals surface area contributed by atoms with Gasteiger partial charge in [0.1, 0.15) is 4.90 Å². The van der Waals surface area contributed by atoms with E-state index >= 15 is 0 Å². The maximum Gasteiger partial charge on any atom is 0.245 e. The summed E-state index contributed by atoms with van der Waals surface area (Å²) < 4.78 is 33.5. The van der Waals surface area contributed by atoms with Crippen LogP contribution in [0.2, 0.25) is 5.02 Å². The smallest absolute Gasteiger partial charge is 0.245 e. The highest BCUT2D eigenvalue weighted by molar-refractivity contribution is 7.89. The molecule has 3 heterocycles. The van der Waals surface area contributed by atoms with E-state index in [4.69, 9.17) is 16.3 Å². The van der Waals surface area contributed by atoms with Crippen molar-refractivity contribution in [3.8, 4) is 0 Å². The zero-order valence-corrected chi connectivity index (χ0v) is 17.4. The van der Waals surface area contributed by atoms with Crippen LogP contribution in [0.3, 0.4) is 0 Å². The van der Waals surface area contributed by atoms with Gasteiger partial charge in [-0.15, -0.1) is 0 Å². The normalized spacial score (nSPS) is 24.3. The van der Waals surface area contributed by atoms with E-state index in [0.717, 1.165) is 38.7 Å². The second-order valence-corrected chi connectivity index (χ2v) is 10.1. The van der Waals surface area contributed by atoms with Gasteiger partial charge < -0.3 is 9.64 Å². The molecule has 1 aromatic rings. The van der Waals surface area contributed by atoms with Gasteiger partial charge in [-0.25, -0.2) is 8.42 Å². The summed E-state index contributed by atoms with van der Waals surface area (Å²) in [5.41, 5.74) is 0.632. The molecule has 0 bridgehead atoms. The summed E-state index contributed by atoms with van der Waals surface area (Å²) in [5, 5.41) is 0.326. The molecule has 1 saturated carbocycles. The molecule has 0 aromatic carbocycles. The fourth-order valence-electron chi connectivity index (χ4n) is 4.07. The van der Waals surface area contributed by atoms with E-state index in [2.05, 4.69) is 4.98 Å². The van der Waals surface area contributed by atoms with Crippen molar-refractivity contribution in [3.05, 3.63) is 23.0 Å². The van der Waals surface area contributed by atoms with Gasteiger partial charge in [0.25, 0.3) is 0 Å². The highest BCUT2D eigenvalue weighted by Gasteiger charge is 2.35. The van der Waals surface area contributed by atoms with Crippen molar-refractivity contribution in [2.24, 2.45) is 0 Å². The first kappa shape index (κ1) is 20.1. The lowest BCUT2D eigenvalue weighted by Gasteiger charge is -2.35. The van der Waals surface area contributed by atoms with Gasteiger partial charge in [-0.3, -0.25) is 9.78 Å². The first-order chi connectivity index (χ1) is 13.4. The summed E-state index contributed by atoms with van der Waals surface area (Å²) in [6.07, 6.45) is 6.86. The van der Waals surface area contributed by atoms with Crippen LogP contribution < -0.4 is 0 Å². The third kappa shape index (κ3) is 4.06. The van der Waals surface area contributed by atoms with E-state index in [-0.39, 0.29) is 35.9 Å². The molecule has 2 saturated heterocycles. The molecule has 0 radical (unpaired) electrons. The predicted molar refractivity (Wildman–Crippen MR) is 105 cm³/mol. The van der Waals surface area contributed by atoms with Crippen LogP contribution in [0.1, 0.15) is 50.1 Å². The van der Waals surface area contributed by atoms with E-state index in [9.17, 15) is 13.2 Å². The van der Waals surface area contributed by atoms with Gasteiger partial charge in [-0.05, 0) is 31.7 Å². The van der Waals surface area contributed by atoms with Crippen molar-refractivity contribution in [1.82, 2.24) is 14.2 Å². The second kappa shape index (κ2) is 8.26. The summed E-state index contributed by atoms with van der Waals surface area (Å²) in [4.78, 5) is 18.8. The molecule has 0 N–H and O–H groups in total. The quantitative estimate of drug-likeness (QED) is 0.720. The van der Waals surface area contributed by atoms with Gasteiger partial charge in [0.05, 0.1) is 23.2 Å². The average molecular weight is 428 g/mol. The van der Waals surface area contributed by atoms with Crippen molar-refractivity contribution in [1.29, 1.82) is 0 Å². The largest absolute Gasteiger partial charge is 0.378 e. The zero-order valence-electron chi connectivity index (χ0n) is 15.8. The fourth-order valence-corrected chi connectivity index (χ4v) is 5.98. The lowest BCUT2D eigenvalue weighted by molar-refractivity contribution is -0.134. The van der Waals surface area contributed by atoms with Gasteiger partial charge in [0.15, 0.2) is 0 Å². The Kier molecular flexibility index (Phi) is 5.92. The van der Waals surface area contributed by atoms with Crippen molar-refractivity contribution in [2.45, 2.75) is 55.4 Å². The minimum atomic E-state index is -3.68. The van der Waals surface area contributed by atoms with Crippen molar-refractivity contribution in [2.75, 3.05) is 32.8 Å². The number of rotatable bonds is 5. The lowest BCUT2D eigenvalue weighted by atomic mass is 9.83. The minimum Gasteiger partial charge on any atom is -0.378 e. The number of carbonyl (C=O) groups excluding carboxylic acids is 1. The van der Waals surface area contributed by atoms with E-state index in [1.54, 1.807) is 4.90 Å². The van der Waals surface area contributed by atoms with Crippen LogP contribution in [-0.4, -0.2) is 67.4 Å². The summed E-state index contributed by atoms with van der Waals surface area (Å²) in [5.74, 6) is 0.236. The number of ether oxygens (including phenoxy) is 1. The number of amides is 1. The van der Waals surface area contributed by atoms with Crippen LogP contribution in [-0.2, 0) is 19.6 Å². The third-order valence-corrected chi connectivity index (χ3v) is 8.11. The van der Waals surface area contributed by atoms with Crippen LogP contribution >= 0.6 is 11.6 Å². The maximum absolute atomic E-state index is 13.3. The molecule has 0 spiro atoms. The van der Waals surface area contributed by atoms with Gasteiger partial charge in [-0.1, -0.05) is 18.0 Å². The number of aromatic nitrogens is 1. The predicted octanol–water partition coefficient (Wildman–Crippen LogP) is 2.40. The molecule has 3 fully saturated rings. The molecular weight excluding hydrogens is 402 g/mol. The van der Waals surface area contributed by atoms with E-state index in [1.165, 1.54) is 16.6 Å². The molecule has 28 heavy (non-hydrogen) atoms. The molecule has 3 aliphatic rings. The number of hydrogen-bond donors (Lipinski definition) is 0. The highest BCUT2D eigenvalue weighted by Crippen LogP contribution is 2.39. The Bertz CT molecular complexity index is 830. The van der Waals surface area contributed by atoms with Crippen molar-refractivity contribution >= 4 is 27.5 Å². The Morgan fingerprint density at radius 3 is 2.54 bits per heavy atom. The number of halogens is 1. The molecule has 9 heteroatoms. The first-order valence-corrected chi connectivity index (χ1v) is 11.8. The van der Waals surface area contributed by atoms with Gasteiger partial charge in [0, 0.05) is 44.9 Å². The SMILES string of the molecule is O=C(C[C@@H]1CCCO1)N1CCN(S(=O)(=O)c2cc(Cl)cnc2C2CCC2)CC1. The Morgan fingerprint density at radius 1 is 1.18 bits per heavy atom. The molecular formula is C19H26ClN3O4S. The van der Waals surface area contributed by atoms with E-state index in [1.807, 2.05) is 0 Å². The molecule has 4 rings (SSSR count). The zero-order chi connectivity index (χ0) is 19.7. The molecule has 1 atom stereocenters. The molecule has 7 nitrogen and oxygen atoms in total. The van der Waals surface area contributed by atoms with E-state index < -0.39 is 10.0 Å². The third-order valence-electron chi connectivity index (χ3n) is 5.98. The minimum absolute atomic E-state index is 0.0110. The van der Waals surface area contributed by atoms with Crippen LogP contribution in [0.25, 0.3) is 0 Å². The van der Waals surface area contributed by atoms with Crippen LogP contribution in [0.4, 0.5) is 0 Å². The standard InChI is InChI=1S/C19H26ClN3O4S/c20-15-11-17(19(21-13-15)14-3-1-4-14)28(25,26)23-8-6-22(7-9-23)18(24)12-16-5-2-10-27-16/h11,13-14,16H,1-10,12H2/t16-/m0/s1. The monoisotopic (exact) mass is 427 g/mol. The summed E-state index contributed by atoms with van der Waals surface area (Å²) >= 11 is 6.06. The van der Waals surface area contributed by atoms with Gasteiger partial charge in [0.2, 0.25) is 15.9 Å². The van der Waals surface area contributed by atoms with Crippen molar-refractivity contribution < 1.29 is 17.9 Å². The van der Waals surface area contributed by atoms with Crippen LogP contribution in [0, 0.1) is 0 Å². The van der Waals surface area contributed by atoms with E-state index in [0.29, 0.717) is 30.2 Å². The summed E-state index contributed by atoms with van der Waals surface area (Å²) in [7, 11) is -3.68. The molecule has 1 aliphatic carbocycles. The first-order valence-electron chi connectivity index (χ1n) is 10.00. The average Bonchev–Trinajstić information content (AvgIpc) is 3.14. The number of carbonyl (C=O) groups is 1. The number of nitrogens with zero attached hydrogens (tertiary/aromatic N) is 3. The Hall–Kier alpha value is -1.22. The fraction of sp³-hybridized carbons (Fsp3) is 0.684. The Balaban J connectivity index is 1.44. The van der Waals surface area contributed by atoms with Crippen LogP contribution in [0.15, 0.2) is 17.2 Å². The molecule has 2 aliphatic heterocycles. The van der Waals surface area contributed by atoms with Crippen LogP contribution in [0.5, 0.6) is 0 Å². The van der Waals surface area contributed by atoms with Gasteiger partial charge in [-0.2, -0.15) is 4.31 Å². The Labute approximate surface area is 171 Å². The topological polar surface area (TPSA) is 79.8 Å². The number of hydrogen-bond acceptors (Lipinski definition) is 5. The summed E-state index contributed by atoms with van der Waals surface area (Å²) in [6.45, 7) is 2.10. The Morgan fingerprint density at radius 2 is 1.93 bits per heavy atom. The number of piperazine rings is 1. The maximum atomic E-state index is 13.3. The highest BCUT2D eigenvalue weighted by atomic mass is 35.5. The molecule has 154 valence electrons. The summed E-state index contributed by atoms with van der Waals surface area (Å²) in [6, 6.07) is 1.52. The number of sulfonamides is 1. The molecule has 1 aromatic heterocycles. The lowest BCUT2D eigenvalue weighted by Crippen LogP contribution is -2.51. The van der Waals surface area contributed by atoms with Crippen molar-refractivity contribution in [3.63, 3.8) is 0 Å². The second-order valence-electron chi connectivity index (χ2n) is 7.79. The molecule has 1 amide bonds. The number of pyridine rings is 1.